The van der Waals surface area contributed by atoms with Crippen molar-refractivity contribution in [1.29, 1.82) is 0 Å². The third-order valence-electron chi connectivity index (χ3n) is 3.64. The Morgan fingerprint density at radius 1 is 1.04 bits per heavy atom. The van der Waals surface area contributed by atoms with Crippen molar-refractivity contribution in [2.24, 2.45) is 0 Å². The standard InChI is InChI=1S/C18H22O5S.K/c1-2-3-4-6-9-14-12-16(23-15-10-7-5-8-11-15)13-17(19)18(14)24(20,21)22;/h5,7-8,10-13,19H,2-4,6,9H2,1H3,(H,20,21,22);/q;+1/p-1. The van der Waals surface area contributed by atoms with Crippen LogP contribution in [0.3, 0.4) is 0 Å². The summed E-state index contributed by atoms with van der Waals surface area (Å²) in [6.07, 6.45) is 4.15. The Balaban J connectivity index is 0.00000312. The Morgan fingerprint density at radius 3 is 2.32 bits per heavy atom. The van der Waals surface area contributed by atoms with Crippen molar-refractivity contribution in [2.45, 2.75) is 43.9 Å². The average molecular weight is 389 g/mol. The second-order valence-electron chi connectivity index (χ2n) is 5.61. The topological polar surface area (TPSA) is 86.7 Å². The molecule has 130 valence electrons. The van der Waals surface area contributed by atoms with Gasteiger partial charge in [-0.25, -0.2) is 0 Å². The van der Waals surface area contributed by atoms with Gasteiger partial charge in [-0.1, -0.05) is 50.1 Å². The summed E-state index contributed by atoms with van der Waals surface area (Å²) in [4.78, 5) is -0.542. The first kappa shape index (κ1) is 22.6. The molecule has 0 heterocycles. The molecule has 0 spiro atoms. The van der Waals surface area contributed by atoms with Gasteiger partial charge in [0.15, 0.2) is 0 Å². The number of hydrogen-bond donors (Lipinski definition) is 1. The van der Waals surface area contributed by atoms with Crippen LogP contribution in [0.4, 0.5) is 0 Å². The largest absolute Gasteiger partial charge is 1.00 e. The Hall–Kier alpha value is -0.414. The normalized spacial score (nSPS) is 11.0. The third kappa shape index (κ3) is 7.01. The fourth-order valence-corrected chi connectivity index (χ4v) is 3.34. The number of para-hydroxylation sites is 1. The molecular weight excluding hydrogens is 367 g/mol. The molecule has 5 nitrogen and oxygen atoms in total. The minimum Gasteiger partial charge on any atom is -0.871 e. The van der Waals surface area contributed by atoms with Crippen molar-refractivity contribution in [3.8, 4) is 17.2 Å². The summed E-state index contributed by atoms with van der Waals surface area (Å²) >= 11 is 0. The van der Waals surface area contributed by atoms with Crippen molar-refractivity contribution in [3.63, 3.8) is 0 Å². The Kier molecular flexibility index (Phi) is 9.65. The van der Waals surface area contributed by atoms with Crippen LogP contribution in [0.25, 0.3) is 0 Å². The van der Waals surface area contributed by atoms with Gasteiger partial charge in [-0.15, -0.1) is 0 Å². The van der Waals surface area contributed by atoms with Gasteiger partial charge in [0, 0.05) is 0 Å². The fourth-order valence-electron chi connectivity index (χ4n) is 2.54. The molecule has 0 fully saturated rings. The SMILES string of the molecule is CCCCCCc1cc(Oc2ccccc2)cc([O-])c1S(=O)(=O)O.[K+]. The van der Waals surface area contributed by atoms with Gasteiger partial charge in [-0.3, -0.25) is 4.55 Å². The summed E-state index contributed by atoms with van der Waals surface area (Å²) in [5.74, 6) is 0.0638. The Labute approximate surface area is 191 Å². The number of hydrogen-bond acceptors (Lipinski definition) is 4. The van der Waals surface area contributed by atoms with Crippen molar-refractivity contribution in [1.82, 2.24) is 0 Å². The van der Waals surface area contributed by atoms with Crippen LogP contribution in [0.2, 0.25) is 0 Å². The van der Waals surface area contributed by atoms with Crippen molar-refractivity contribution >= 4 is 10.1 Å². The van der Waals surface area contributed by atoms with E-state index in [9.17, 15) is 18.1 Å². The number of aryl methyl sites for hydroxylation is 1. The maximum absolute atomic E-state index is 12.2. The molecule has 0 bridgehead atoms. The zero-order valence-corrected chi connectivity index (χ0v) is 18.5. The molecule has 0 atom stereocenters. The molecule has 0 saturated heterocycles. The molecule has 2 aromatic rings. The van der Waals surface area contributed by atoms with Gasteiger partial charge in [-0.05, 0) is 42.7 Å². The molecule has 0 aliphatic carbocycles. The van der Waals surface area contributed by atoms with Gasteiger partial charge in [0.05, 0.1) is 4.90 Å². The monoisotopic (exact) mass is 388 g/mol. The molecule has 0 aliphatic heterocycles. The van der Waals surface area contributed by atoms with Gasteiger partial charge >= 0.3 is 51.4 Å². The summed E-state index contributed by atoms with van der Waals surface area (Å²) in [7, 11) is -4.56. The predicted octanol–water partition coefficient (Wildman–Crippen LogP) is 0.926. The first-order valence-corrected chi connectivity index (χ1v) is 9.40. The van der Waals surface area contributed by atoms with E-state index < -0.39 is 20.8 Å². The summed E-state index contributed by atoms with van der Waals surface area (Å²) in [5.41, 5.74) is 0.298. The quantitative estimate of drug-likeness (QED) is 0.413. The van der Waals surface area contributed by atoms with Crippen LogP contribution in [-0.2, 0) is 16.5 Å². The summed E-state index contributed by atoms with van der Waals surface area (Å²) in [6.45, 7) is 2.08. The minimum atomic E-state index is -4.56. The molecule has 0 unspecified atom stereocenters. The van der Waals surface area contributed by atoms with E-state index >= 15 is 0 Å². The van der Waals surface area contributed by atoms with E-state index in [1.165, 1.54) is 6.07 Å². The maximum Gasteiger partial charge on any atom is 1.00 e. The van der Waals surface area contributed by atoms with Crippen molar-refractivity contribution in [2.75, 3.05) is 0 Å². The molecule has 0 amide bonds. The summed E-state index contributed by atoms with van der Waals surface area (Å²) in [5, 5.41) is 12.2. The Bertz CT molecular complexity index is 776. The van der Waals surface area contributed by atoms with Gasteiger partial charge in [0.25, 0.3) is 10.1 Å². The minimum absolute atomic E-state index is 0. The maximum atomic E-state index is 12.2. The average Bonchev–Trinajstić information content (AvgIpc) is 2.51. The van der Waals surface area contributed by atoms with E-state index in [4.69, 9.17) is 4.74 Å². The molecule has 0 saturated carbocycles. The van der Waals surface area contributed by atoms with Crippen molar-refractivity contribution < 1.29 is 74.2 Å². The van der Waals surface area contributed by atoms with E-state index in [0.29, 0.717) is 17.7 Å². The van der Waals surface area contributed by atoms with Crippen LogP contribution in [0, 0.1) is 0 Å². The van der Waals surface area contributed by atoms with Crippen LogP contribution in [0.15, 0.2) is 47.4 Å². The van der Waals surface area contributed by atoms with E-state index in [0.717, 1.165) is 31.7 Å². The van der Waals surface area contributed by atoms with E-state index in [2.05, 4.69) is 6.92 Å². The molecule has 0 radical (unpaired) electrons. The van der Waals surface area contributed by atoms with Gasteiger partial charge in [-0.2, -0.15) is 8.42 Å². The van der Waals surface area contributed by atoms with E-state index in [-0.39, 0.29) is 57.1 Å². The molecule has 2 aromatic carbocycles. The molecular formula is C18H21KO5S. The van der Waals surface area contributed by atoms with Crippen LogP contribution in [0.1, 0.15) is 38.2 Å². The van der Waals surface area contributed by atoms with Crippen LogP contribution < -0.4 is 61.2 Å². The number of benzene rings is 2. The smallest absolute Gasteiger partial charge is 0.871 e. The number of unbranched alkanes of at least 4 members (excludes halogenated alkanes) is 3. The summed E-state index contributed by atoms with van der Waals surface area (Å²) < 4.78 is 38.1. The molecule has 1 N–H and O–H groups in total. The number of ether oxygens (including phenoxy) is 1. The molecule has 2 rings (SSSR count). The Morgan fingerprint density at radius 2 is 1.72 bits per heavy atom. The third-order valence-corrected chi connectivity index (χ3v) is 4.62. The van der Waals surface area contributed by atoms with Crippen LogP contribution in [-0.4, -0.2) is 13.0 Å². The van der Waals surface area contributed by atoms with Gasteiger partial charge in [0.1, 0.15) is 11.5 Å². The summed E-state index contributed by atoms with van der Waals surface area (Å²) in [6, 6.07) is 11.5. The molecule has 0 aliphatic rings. The zero-order valence-electron chi connectivity index (χ0n) is 14.6. The molecule has 7 heteroatoms. The van der Waals surface area contributed by atoms with Gasteiger partial charge in [0.2, 0.25) is 0 Å². The zero-order chi connectivity index (χ0) is 17.6. The molecule has 0 aromatic heterocycles. The van der Waals surface area contributed by atoms with Crippen LogP contribution in [0.5, 0.6) is 17.2 Å². The van der Waals surface area contributed by atoms with Crippen molar-refractivity contribution in [3.05, 3.63) is 48.0 Å². The van der Waals surface area contributed by atoms with E-state index in [1.54, 1.807) is 24.3 Å². The second-order valence-corrected chi connectivity index (χ2v) is 6.97. The first-order valence-electron chi connectivity index (χ1n) is 7.96. The van der Waals surface area contributed by atoms with Gasteiger partial charge < -0.3 is 9.84 Å². The van der Waals surface area contributed by atoms with Crippen LogP contribution >= 0.6 is 0 Å². The second kappa shape index (κ2) is 10.7. The fraction of sp³-hybridized carbons (Fsp3) is 0.333. The van der Waals surface area contributed by atoms with E-state index in [1.807, 2.05) is 6.07 Å². The first-order chi connectivity index (χ1) is 11.4. The number of rotatable bonds is 8. The molecule has 25 heavy (non-hydrogen) atoms. The predicted molar refractivity (Wildman–Crippen MR) is 90.1 cm³/mol.